The van der Waals surface area contributed by atoms with Crippen molar-refractivity contribution in [3.05, 3.63) is 42.1 Å². The topological polar surface area (TPSA) is 132 Å². The van der Waals surface area contributed by atoms with Gasteiger partial charge in [-0.15, -0.1) is 10.2 Å². The molecule has 9 nitrogen and oxygen atoms in total. The van der Waals surface area contributed by atoms with Crippen LogP contribution in [-0.4, -0.2) is 35.8 Å². The standard InChI is InChI=1S/C13H11N9/c1-8-16-12(18-17-8)9-3-2-4-11(5-9)15-7-10(6-14)13-19-21-22-20-13/h2-5,7,15H,1H3,(H,16,17,18)(H,19,20,21,22). The first-order valence-electron chi connectivity index (χ1n) is 6.36. The third kappa shape index (κ3) is 2.80. The van der Waals surface area contributed by atoms with E-state index in [2.05, 4.69) is 41.1 Å². The van der Waals surface area contributed by atoms with E-state index >= 15 is 0 Å². The fourth-order valence-electron chi connectivity index (χ4n) is 1.80. The molecule has 0 saturated carbocycles. The zero-order chi connectivity index (χ0) is 15.4. The SMILES string of the molecule is Cc1nc(-c2cccc(NC=C(C#N)c3nn[nH]n3)c2)n[nH]1. The molecule has 0 aliphatic heterocycles. The van der Waals surface area contributed by atoms with Crippen LogP contribution < -0.4 is 5.32 Å². The highest BCUT2D eigenvalue weighted by atomic mass is 15.5. The van der Waals surface area contributed by atoms with E-state index in [1.165, 1.54) is 6.20 Å². The van der Waals surface area contributed by atoms with Crippen molar-refractivity contribution in [3.8, 4) is 17.5 Å². The summed E-state index contributed by atoms with van der Waals surface area (Å²) in [4.78, 5) is 4.28. The van der Waals surface area contributed by atoms with Crippen LogP contribution in [0.25, 0.3) is 17.0 Å². The molecule has 0 fully saturated rings. The molecule has 0 bridgehead atoms. The van der Waals surface area contributed by atoms with Crippen molar-refractivity contribution in [2.45, 2.75) is 6.92 Å². The minimum Gasteiger partial charge on any atom is -0.360 e. The monoisotopic (exact) mass is 293 g/mol. The summed E-state index contributed by atoms with van der Waals surface area (Å²) in [5, 5.41) is 32.3. The van der Waals surface area contributed by atoms with Gasteiger partial charge >= 0.3 is 0 Å². The Morgan fingerprint density at radius 1 is 1.36 bits per heavy atom. The van der Waals surface area contributed by atoms with Crippen LogP contribution in [0.5, 0.6) is 0 Å². The molecule has 0 unspecified atom stereocenters. The number of anilines is 1. The average molecular weight is 293 g/mol. The molecule has 0 atom stereocenters. The number of aryl methyl sites for hydroxylation is 1. The molecule has 0 aliphatic rings. The maximum atomic E-state index is 9.11. The maximum Gasteiger partial charge on any atom is 0.216 e. The highest BCUT2D eigenvalue weighted by molar-refractivity contribution is 5.74. The lowest BCUT2D eigenvalue weighted by molar-refractivity contribution is 0.881. The maximum absolute atomic E-state index is 9.11. The van der Waals surface area contributed by atoms with E-state index in [9.17, 15) is 0 Å². The fourth-order valence-corrected chi connectivity index (χ4v) is 1.80. The first-order valence-corrected chi connectivity index (χ1v) is 6.36. The lowest BCUT2D eigenvalue weighted by Gasteiger charge is -2.03. The van der Waals surface area contributed by atoms with Crippen molar-refractivity contribution < 1.29 is 0 Å². The number of hydrogen-bond acceptors (Lipinski definition) is 7. The van der Waals surface area contributed by atoms with Gasteiger partial charge in [0, 0.05) is 17.5 Å². The summed E-state index contributed by atoms with van der Waals surface area (Å²) >= 11 is 0. The van der Waals surface area contributed by atoms with Gasteiger partial charge in [-0.3, -0.25) is 5.10 Å². The summed E-state index contributed by atoms with van der Waals surface area (Å²) in [6, 6.07) is 9.53. The number of benzene rings is 1. The Morgan fingerprint density at radius 3 is 2.95 bits per heavy atom. The largest absolute Gasteiger partial charge is 0.360 e. The van der Waals surface area contributed by atoms with Crippen LogP contribution >= 0.6 is 0 Å². The normalized spacial score (nSPS) is 11.2. The van der Waals surface area contributed by atoms with Gasteiger partial charge in [-0.25, -0.2) is 4.98 Å². The number of aromatic nitrogens is 7. The molecular formula is C13H11N9. The second kappa shape index (κ2) is 5.84. The summed E-state index contributed by atoms with van der Waals surface area (Å²) in [5.74, 6) is 1.59. The quantitative estimate of drug-likeness (QED) is 0.617. The van der Waals surface area contributed by atoms with E-state index in [4.69, 9.17) is 5.26 Å². The summed E-state index contributed by atoms with van der Waals surface area (Å²) in [5.41, 5.74) is 1.92. The molecular weight excluding hydrogens is 282 g/mol. The Bertz CT molecular complexity index is 839. The molecule has 0 saturated heterocycles. The van der Waals surface area contributed by atoms with E-state index in [0.717, 1.165) is 17.1 Å². The van der Waals surface area contributed by atoms with Crippen molar-refractivity contribution in [2.24, 2.45) is 0 Å². The number of tetrazole rings is 1. The van der Waals surface area contributed by atoms with Gasteiger partial charge < -0.3 is 5.32 Å². The van der Waals surface area contributed by atoms with Crippen LogP contribution in [0.1, 0.15) is 11.6 Å². The van der Waals surface area contributed by atoms with Gasteiger partial charge in [0.15, 0.2) is 5.82 Å². The highest BCUT2D eigenvalue weighted by Crippen LogP contribution is 2.19. The van der Waals surface area contributed by atoms with Gasteiger partial charge in [-0.2, -0.15) is 15.6 Å². The minimum atomic E-state index is 0.232. The lowest BCUT2D eigenvalue weighted by Crippen LogP contribution is -1.93. The van der Waals surface area contributed by atoms with Crippen molar-refractivity contribution in [3.63, 3.8) is 0 Å². The first-order chi connectivity index (χ1) is 10.8. The van der Waals surface area contributed by atoms with Crippen molar-refractivity contribution in [2.75, 3.05) is 5.32 Å². The second-order valence-electron chi connectivity index (χ2n) is 4.37. The van der Waals surface area contributed by atoms with E-state index in [0.29, 0.717) is 5.82 Å². The van der Waals surface area contributed by atoms with Crippen LogP contribution in [0.4, 0.5) is 5.69 Å². The number of nitriles is 1. The van der Waals surface area contributed by atoms with Gasteiger partial charge in [0.05, 0.1) is 0 Å². The predicted octanol–water partition coefficient (Wildman–Crippen LogP) is 1.27. The van der Waals surface area contributed by atoms with Gasteiger partial charge in [-0.1, -0.05) is 12.1 Å². The van der Waals surface area contributed by atoms with Crippen LogP contribution in [0, 0.1) is 18.3 Å². The number of H-pyrrole nitrogens is 2. The molecule has 0 amide bonds. The Balaban J connectivity index is 1.83. The molecule has 0 radical (unpaired) electrons. The number of hydrogen-bond donors (Lipinski definition) is 3. The molecule has 9 heteroatoms. The van der Waals surface area contributed by atoms with Crippen molar-refractivity contribution in [1.82, 2.24) is 35.8 Å². The zero-order valence-electron chi connectivity index (χ0n) is 11.6. The minimum absolute atomic E-state index is 0.232. The van der Waals surface area contributed by atoms with Gasteiger partial charge in [0.1, 0.15) is 17.5 Å². The van der Waals surface area contributed by atoms with Gasteiger partial charge in [0.25, 0.3) is 0 Å². The highest BCUT2D eigenvalue weighted by Gasteiger charge is 2.06. The zero-order valence-corrected chi connectivity index (χ0v) is 11.6. The third-order valence-corrected chi connectivity index (χ3v) is 2.81. The molecule has 3 aromatic rings. The van der Waals surface area contributed by atoms with Crippen molar-refractivity contribution >= 4 is 11.3 Å². The molecule has 0 aliphatic carbocycles. The smallest absolute Gasteiger partial charge is 0.216 e. The fraction of sp³-hybridized carbons (Fsp3) is 0.0769. The van der Waals surface area contributed by atoms with Crippen LogP contribution in [-0.2, 0) is 0 Å². The Kier molecular flexibility index (Phi) is 3.57. The van der Waals surface area contributed by atoms with E-state index in [1.54, 1.807) is 0 Å². The lowest BCUT2D eigenvalue weighted by atomic mass is 10.2. The van der Waals surface area contributed by atoms with Crippen molar-refractivity contribution in [1.29, 1.82) is 5.26 Å². The van der Waals surface area contributed by atoms with E-state index in [1.807, 2.05) is 37.3 Å². The summed E-state index contributed by atoms with van der Waals surface area (Å²) < 4.78 is 0. The molecule has 0 spiro atoms. The Labute approximate surface area is 125 Å². The number of nitrogens with one attached hydrogen (secondary N) is 3. The first kappa shape index (κ1) is 13.4. The number of nitrogens with zero attached hydrogens (tertiary/aromatic N) is 6. The predicted molar refractivity (Wildman–Crippen MR) is 77.9 cm³/mol. The average Bonchev–Trinajstić information content (AvgIpc) is 3.20. The molecule has 2 heterocycles. The second-order valence-corrected chi connectivity index (χ2v) is 4.37. The molecule has 3 rings (SSSR count). The molecule has 22 heavy (non-hydrogen) atoms. The van der Waals surface area contributed by atoms with Gasteiger partial charge in [0.2, 0.25) is 5.82 Å². The Hall–Kier alpha value is -3.54. The van der Waals surface area contributed by atoms with Crippen LogP contribution in [0.2, 0.25) is 0 Å². The molecule has 1 aromatic carbocycles. The van der Waals surface area contributed by atoms with E-state index < -0.39 is 0 Å². The number of allylic oxidation sites excluding steroid dienone is 1. The van der Waals surface area contributed by atoms with E-state index in [-0.39, 0.29) is 11.4 Å². The number of rotatable bonds is 4. The third-order valence-electron chi connectivity index (χ3n) is 2.81. The molecule has 2 aromatic heterocycles. The molecule has 3 N–H and O–H groups in total. The summed E-state index contributed by atoms with van der Waals surface area (Å²) in [6.45, 7) is 1.84. The van der Waals surface area contributed by atoms with Crippen LogP contribution in [0.15, 0.2) is 30.5 Å². The van der Waals surface area contributed by atoms with Gasteiger partial charge in [-0.05, 0) is 24.3 Å². The number of aromatic amines is 2. The summed E-state index contributed by atoms with van der Waals surface area (Å²) in [6.07, 6.45) is 1.52. The molecule has 108 valence electrons. The summed E-state index contributed by atoms with van der Waals surface area (Å²) in [7, 11) is 0. The van der Waals surface area contributed by atoms with Crippen LogP contribution in [0.3, 0.4) is 0 Å². The Morgan fingerprint density at radius 2 is 2.27 bits per heavy atom.